The summed E-state index contributed by atoms with van der Waals surface area (Å²) in [6.45, 7) is 0. The van der Waals surface area contributed by atoms with Crippen LogP contribution in [0, 0.1) is 0 Å². The molecule has 1 aromatic rings. The molecule has 0 aliphatic rings. The van der Waals surface area contributed by atoms with Gasteiger partial charge in [-0.25, -0.2) is 4.79 Å². The van der Waals surface area contributed by atoms with E-state index in [9.17, 15) is 4.79 Å². The normalized spacial score (nSPS) is 10.5. The SMILES string of the molecule is O=C(O)C(O)c1ccccc1.[NaH].[Zr]. The second-order valence-electron chi connectivity index (χ2n) is 2.15. The number of aliphatic hydroxyl groups is 1. The first-order valence-corrected chi connectivity index (χ1v) is 3.17. The Morgan fingerprint density at radius 3 is 2.08 bits per heavy atom. The van der Waals surface area contributed by atoms with Crippen LogP contribution in [-0.4, -0.2) is 45.7 Å². The Morgan fingerprint density at radius 2 is 1.69 bits per heavy atom. The molecule has 0 saturated heterocycles. The smallest absolute Gasteiger partial charge is 0 e. The van der Waals surface area contributed by atoms with Crippen molar-refractivity contribution in [2.75, 3.05) is 0 Å². The van der Waals surface area contributed by atoms with E-state index in [1.165, 1.54) is 0 Å². The topological polar surface area (TPSA) is 57.5 Å². The molecule has 64 valence electrons. The fourth-order valence-corrected chi connectivity index (χ4v) is 0.778. The molecule has 0 amide bonds. The monoisotopic (exact) mass is 266 g/mol. The van der Waals surface area contributed by atoms with Crippen LogP contribution >= 0.6 is 0 Å². The van der Waals surface area contributed by atoms with Gasteiger partial charge in [-0.15, -0.1) is 0 Å². The first kappa shape index (κ1) is 16.0. The van der Waals surface area contributed by atoms with Crippen molar-refractivity contribution < 1.29 is 41.2 Å². The van der Waals surface area contributed by atoms with Crippen molar-refractivity contribution in [2.45, 2.75) is 6.10 Å². The average Bonchev–Trinajstić information content (AvgIpc) is 2.05. The van der Waals surface area contributed by atoms with Crippen LogP contribution in [0.1, 0.15) is 11.7 Å². The van der Waals surface area contributed by atoms with E-state index in [4.69, 9.17) is 10.2 Å². The molecule has 0 aliphatic carbocycles. The summed E-state index contributed by atoms with van der Waals surface area (Å²) in [4.78, 5) is 10.2. The molecular formula is C8H9NaO3Zr. The van der Waals surface area contributed by atoms with Gasteiger partial charge in [-0.2, -0.15) is 0 Å². The molecule has 0 heterocycles. The number of hydrogen-bond donors (Lipinski definition) is 2. The molecule has 13 heavy (non-hydrogen) atoms. The molecular weight excluding hydrogens is 258 g/mol. The van der Waals surface area contributed by atoms with Gasteiger partial charge in [0.05, 0.1) is 0 Å². The first-order chi connectivity index (χ1) is 5.22. The van der Waals surface area contributed by atoms with Crippen molar-refractivity contribution in [1.29, 1.82) is 0 Å². The van der Waals surface area contributed by atoms with Gasteiger partial charge < -0.3 is 10.2 Å². The zero-order valence-electron chi connectivity index (χ0n) is 6.27. The van der Waals surface area contributed by atoms with Crippen LogP contribution in [0.25, 0.3) is 0 Å². The van der Waals surface area contributed by atoms with Gasteiger partial charge in [0.15, 0.2) is 6.10 Å². The van der Waals surface area contributed by atoms with Gasteiger partial charge in [0.1, 0.15) is 0 Å². The van der Waals surface area contributed by atoms with E-state index in [2.05, 4.69) is 0 Å². The third-order valence-corrected chi connectivity index (χ3v) is 1.35. The Hall–Kier alpha value is 0.533. The fraction of sp³-hybridized carbons (Fsp3) is 0.125. The maximum absolute atomic E-state index is 10.2. The van der Waals surface area contributed by atoms with E-state index in [1.807, 2.05) is 0 Å². The van der Waals surface area contributed by atoms with E-state index >= 15 is 0 Å². The van der Waals surface area contributed by atoms with Gasteiger partial charge >= 0.3 is 35.5 Å². The number of benzene rings is 1. The van der Waals surface area contributed by atoms with E-state index in [0.29, 0.717) is 5.56 Å². The van der Waals surface area contributed by atoms with Crippen molar-refractivity contribution in [3.05, 3.63) is 35.9 Å². The molecule has 1 unspecified atom stereocenters. The van der Waals surface area contributed by atoms with Crippen molar-refractivity contribution in [1.82, 2.24) is 0 Å². The molecule has 3 nitrogen and oxygen atoms in total. The van der Waals surface area contributed by atoms with Crippen LogP contribution in [-0.2, 0) is 31.0 Å². The third kappa shape index (κ3) is 5.09. The van der Waals surface area contributed by atoms with E-state index in [-0.39, 0.29) is 55.8 Å². The Labute approximate surface area is 118 Å². The summed E-state index contributed by atoms with van der Waals surface area (Å²) in [5.41, 5.74) is 0.403. The van der Waals surface area contributed by atoms with Crippen LogP contribution in [0.4, 0.5) is 0 Å². The van der Waals surface area contributed by atoms with Crippen molar-refractivity contribution in [2.24, 2.45) is 0 Å². The van der Waals surface area contributed by atoms with Gasteiger partial charge in [0, 0.05) is 26.2 Å². The number of aliphatic carboxylic acids is 1. The minimum Gasteiger partial charge on any atom is 0 e. The van der Waals surface area contributed by atoms with Crippen LogP contribution in [0.3, 0.4) is 0 Å². The molecule has 0 fully saturated rings. The van der Waals surface area contributed by atoms with Crippen LogP contribution in [0.15, 0.2) is 30.3 Å². The Bertz CT molecular complexity index is 253. The average molecular weight is 267 g/mol. The second kappa shape index (κ2) is 7.89. The van der Waals surface area contributed by atoms with Crippen molar-refractivity contribution in [3.63, 3.8) is 0 Å². The van der Waals surface area contributed by atoms with E-state index < -0.39 is 12.1 Å². The molecule has 0 bridgehead atoms. The number of rotatable bonds is 2. The van der Waals surface area contributed by atoms with Crippen LogP contribution in [0.2, 0.25) is 0 Å². The molecule has 0 radical (unpaired) electrons. The molecule has 0 spiro atoms. The fourth-order valence-electron chi connectivity index (χ4n) is 0.778. The van der Waals surface area contributed by atoms with Crippen LogP contribution in [0.5, 0.6) is 0 Å². The Balaban J connectivity index is 0. The van der Waals surface area contributed by atoms with Gasteiger partial charge in [0.2, 0.25) is 0 Å². The van der Waals surface area contributed by atoms with Gasteiger partial charge in [0.25, 0.3) is 0 Å². The van der Waals surface area contributed by atoms with Crippen LogP contribution < -0.4 is 0 Å². The zero-order valence-corrected chi connectivity index (χ0v) is 8.72. The molecule has 1 atom stereocenters. The molecule has 0 saturated carbocycles. The number of aliphatic hydroxyl groups excluding tert-OH is 1. The second-order valence-corrected chi connectivity index (χ2v) is 2.15. The minimum absolute atomic E-state index is 0. The molecule has 5 heteroatoms. The van der Waals surface area contributed by atoms with Crippen molar-refractivity contribution in [3.8, 4) is 0 Å². The van der Waals surface area contributed by atoms with Gasteiger partial charge in [-0.3, -0.25) is 0 Å². The number of hydrogen-bond acceptors (Lipinski definition) is 2. The predicted octanol–water partition coefficient (Wildman–Crippen LogP) is 0.154. The summed E-state index contributed by atoms with van der Waals surface area (Å²) in [5, 5.41) is 17.4. The quantitative estimate of drug-likeness (QED) is 0.750. The summed E-state index contributed by atoms with van der Waals surface area (Å²) >= 11 is 0. The molecule has 2 N–H and O–H groups in total. The molecule has 0 aliphatic heterocycles. The minimum atomic E-state index is -1.41. The van der Waals surface area contributed by atoms with Gasteiger partial charge in [-0.05, 0) is 5.56 Å². The van der Waals surface area contributed by atoms with E-state index in [0.717, 1.165) is 0 Å². The standard InChI is InChI=1S/C8H8O3.Na.Zr.H/c9-7(8(10)11)6-4-2-1-3-5-6;;;/h1-5,7,9H,(H,10,11);;;. The summed E-state index contributed by atoms with van der Waals surface area (Å²) in [5.74, 6) is -1.23. The third-order valence-electron chi connectivity index (χ3n) is 1.35. The summed E-state index contributed by atoms with van der Waals surface area (Å²) < 4.78 is 0. The largest absolute Gasteiger partial charge is 0 e. The summed E-state index contributed by atoms with van der Waals surface area (Å²) in [7, 11) is 0. The number of carbonyl (C=O) groups is 1. The van der Waals surface area contributed by atoms with Gasteiger partial charge in [-0.1, -0.05) is 30.3 Å². The molecule has 1 aromatic carbocycles. The Kier molecular flexibility index (Phi) is 9.70. The summed E-state index contributed by atoms with van der Waals surface area (Å²) in [6.07, 6.45) is -1.41. The summed E-state index contributed by atoms with van der Waals surface area (Å²) in [6, 6.07) is 8.26. The first-order valence-electron chi connectivity index (χ1n) is 3.17. The predicted molar refractivity (Wildman–Crippen MR) is 46.2 cm³/mol. The zero-order chi connectivity index (χ0) is 8.27. The number of carboxylic acid groups (broad SMARTS) is 1. The molecule has 1 rings (SSSR count). The van der Waals surface area contributed by atoms with Crippen molar-refractivity contribution >= 4 is 35.5 Å². The maximum atomic E-state index is 10.2. The molecule has 0 aromatic heterocycles. The maximum Gasteiger partial charge on any atom is 0 e. The number of carboxylic acids is 1. The van der Waals surface area contributed by atoms with E-state index in [1.54, 1.807) is 30.3 Å². The Morgan fingerprint density at radius 1 is 1.23 bits per heavy atom.